The Kier molecular flexibility index (Phi) is 4.53. The number of carbonyl (C=O) groups excluding carboxylic acids is 2. The largest absolute Gasteiger partial charge is 0.495 e. The molecule has 2 aromatic carbocycles. The molecule has 0 saturated carbocycles. The van der Waals surface area contributed by atoms with Crippen LogP contribution in [0.15, 0.2) is 30.3 Å². The lowest BCUT2D eigenvalue weighted by Gasteiger charge is -2.33. The van der Waals surface area contributed by atoms with Crippen LogP contribution in [0.4, 0.5) is 11.4 Å². The average Bonchev–Trinajstić information content (AvgIpc) is 3.39. The van der Waals surface area contributed by atoms with Crippen LogP contribution < -0.4 is 24.0 Å². The molecule has 0 radical (unpaired) electrons. The first kappa shape index (κ1) is 18.8. The van der Waals surface area contributed by atoms with Gasteiger partial charge in [-0.2, -0.15) is 0 Å². The zero-order valence-electron chi connectivity index (χ0n) is 17.1. The Balaban J connectivity index is 1.41. The molecule has 0 aliphatic carbocycles. The van der Waals surface area contributed by atoms with Gasteiger partial charge >= 0.3 is 0 Å². The van der Waals surface area contributed by atoms with E-state index in [0.29, 0.717) is 30.3 Å². The van der Waals surface area contributed by atoms with Crippen molar-refractivity contribution in [2.45, 2.75) is 26.2 Å². The van der Waals surface area contributed by atoms with Gasteiger partial charge in [-0.15, -0.1) is 0 Å². The fraction of sp³-hybridized carbons (Fsp3) is 0.391. The van der Waals surface area contributed by atoms with Crippen LogP contribution in [-0.2, 0) is 16.0 Å². The number of benzene rings is 2. The van der Waals surface area contributed by atoms with Gasteiger partial charge in [0, 0.05) is 31.3 Å². The van der Waals surface area contributed by atoms with Crippen molar-refractivity contribution in [1.82, 2.24) is 0 Å². The second-order valence-electron chi connectivity index (χ2n) is 7.95. The number of methoxy groups -OCH3 is 1. The highest BCUT2D eigenvalue weighted by Crippen LogP contribution is 2.41. The summed E-state index contributed by atoms with van der Waals surface area (Å²) >= 11 is 0. The summed E-state index contributed by atoms with van der Waals surface area (Å²) < 4.78 is 16.3. The summed E-state index contributed by atoms with van der Waals surface area (Å²) in [6.07, 6.45) is 2.03. The normalized spacial score (nSPS) is 19.8. The van der Waals surface area contributed by atoms with E-state index in [-0.39, 0.29) is 30.9 Å². The van der Waals surface area contributed by atoms with E-state index < -0.39 is 0 Å². The molecule has 156 valence electrons. The van der Waals surface area contributed by atoms with E-state index in [1.165, 1.54) is 0 Å². The van der Waals surface area contributed by atoms with Gasteiger partial charge in [0.15, 0.2) is 11.5 Å². The SMILES string of the molecule is COc1ccc(C)c2c1N(C(=O)C1CC(=O)N(c3ccc4c(c3)OCO4)C1)CCC2. The van der Waals surface area contributed by atoms with Gasteiger partial charge in [0.05, 0.1) is 18.7 Å². The van der Waals surface area contributed by atoms with E-state index >= 15 is 0 Å². The van der Waals surface area contributed by atoms with E-state index in [4.69, 9.17) is 14.2 Å². The molecule has 1 fully saturated rings. The van der Waals surface area contributed by atoms with Crippen molar-refractivity contribution in [3.05, 3.63) is 41.5 Å². The molecule has 0 N–H and O–H groups in total. The number of nitrogens with zero attached hydrogens (tertiary/aromatic N) is 2. The number of aryl methyl sites for hydroxylation is 1. The molecule has 2 amide bonds. The lowest BCUT2D eigenvalue weighted by Crippen LogP contribution is -2.41. The van der Waals surface area contributed by atoms with Crippen molar-refractivity contribution in [2.24, 2.45) is 5.92 Å². The maximum atomic E-state index is 13.5. The number of rotatable bonds is 3. The molecule has 30 heavy (non-hydrogen) atoms. The lowest BCUT2D eigenvalue weighted by molar-refractivity contribution is -0.124. The first-order chi connectivity index (χ1) is 14.6. The molecule has 7 nitrogen and oxygen atoms in total. The first-order valence-corrected chi connectivity index (χ1v) is 10.2. The quantitative estimate of drug-likeness (QED) is 0.781. The third-order valence-corrected chi connectivity index (χ3v) is 6.19. The minimum absolute atomic E-state index is 0.0172. The molecule has 1 atom stereocenters. The topological polar surface area (TPSA) is 68.3 Å². The van der Waals surface area contributed by atoms with Gasteiger partial charge in [-0.3, -0.25) is 9.59 Å². The minimum atomic E-state index is -0.390. The monoisotopic (exact) mass is 408 g/mol. The smallest absolute Gasteiger partial charge is 0.232 e. The van der Waals surface area contributed by atoms with E-state index in [1.807, 2.05) is 23.1 Å². The van der Waals surface area contributed by atoms with Gasteiger partial charge < -0.3 is 24.0 Å². The Morgan fingerprint density at radius 2 is 2.00 bits per heavy atom. The third kappa shape index (κ3) is 2.96. The van der Waals surface area contributed by atoms with E-state index in [1.54, 1.807) is 24.1 Å². The van der Waals surface area contributed by atoms with Crippen LogP contribution in [-0.4, -0.2) is 38.8 Å². The van der Waals surface area contributed by atoms with Gasteiger partial charge in [0.2, 0.25) is 18.6 Å². The minimum Gasteiger partial charge on any atom is -0.495 e. The van der Waals surface area contributed by atoms with Crippen molar-refractivity contribution >= 4 is 23.2 Å². The number of ether oxygens (including phenoxy) is 3. The average molecular weight is 408 g/mol. The highest BCUT2D eigenvalue weighted by atomic mass is 16.7. The van der Waals surface area contributed by atoms with Crippen LogP contribution in [0.25, 0.3) is 0 Å². The predicted molar refractivity (Wildman–Crippen MR) is 111 cm³/mol. The number of amides is 2. The molecule has 3 aliphatic heterocycles. The van der Waals surface area contributed by atoms with Crippen molar-refractivity contribution in [3.8, 4) is 17.2 Å². The second kappa shape index (κ2) is 7.23. The number of hydrogen-bond acceptors (Lipinski definition) is 5. The molecule has 2 aromatic rings. The summed E-state index contributed by atoms with van der Waals surface area (Å²) in [4.78, 5) is 29.7. The Labute approximate surface area is 175 Å². The molecule has 1 unspecified atom stereocenters. The van der Waals surface area contributed by atoms with Crippen LogP contribution in [0.2, 0.25) is 0 Å². The molecule has 5 rings (SSSR count). The van der Waals surface area contributed by atoms with Crippen LogP contribution in [0.1, 0.15) is 24.0 Å². The van der Waals surface area contributed by atoms with Crippen molar-refractivity contribution in [3.63, 3.8) is 0 Å². The molecule has 0 spiro atoms. The number of carbonyl (C=O) groups is 2. The van der Waals surface area contributed by atoms with Crippen molar-refractivity contribution in [2.75, 3.05) is 36.8 Å². The fourth-order valence-electron chi connectivity index (χ4n) is 4.63. The van der Waals surface area contributed by atoms with Gasteiger partial charge in [-0.05, 0) is 49.1 Å². The van der Waals surface area contributed by atoms with Gasteiger partial charge in [0.25, 0.3) is 0 Å². The summed E-state index contributed by atoms with van der Waals surface area (Å²) in [7, 11) is 1.63. The molecular formula is C23H24N2O5. The summed E-state index contributed by atoms with van der Waals surface area (Å²) in [5, 5.41) is 0. The van der Waals surface area contributed by atoms with E-state index in [9.17, 15) is 9.59 Å². The van der Waals surface area contributed by atoms with Crippen LogP contribution in [0.5, 0.6) is 17.2 Å². The zero-order chi connectivity index (χ0) is 20.8. The summed E-state index contributed by atoms with van der Waals surface area (Å²) in [6, 6.07) is 9.38. The molecule has 7 heteroatoms. The Bertz CT molecular complexity index is 1030. The van der Waals surface area contributed by atoms with Crippen LogP contribution >= 0.6 is 0 Å². The fourth-order valence-corrected chi connectivity index (χ4v) is 4.63. The molecule has 0 aromatic heterocycles. The van der Waals surface area contributed by atoms with E-state index in [0.717, 1.165) is 35.3 Å². The number of hydrogen-bond donors (Lipinski definition) is 0. The molecule has 1 saturated heterocycles. The zero-order valence-corrected chi connectivity index (χ0v) is 17.1. The number of fused-ring (bicyclic) bond motifs is 2. The highest BCUT2D eigenvalue weighted by molar-refractivity contribution is 6.05. The molecule has 3 aliphatic rings. The summed E-state index contributed by atoms with van der Waals surface area (Å²) in [6.45, 7) is 3.24. The van der Waals surface area contributed by atoms with Gasteiger partial charge in [-0.1, -0.05) is 6.07 Å². The molecule has 3 heterocycles. The van der Waals surface area contributed by atoms with Crippen LogP contribution in [0, 0.1) is 12.8 Å². The summed E-state index contributed by atoms with van der Waals surface area (Å²) in [5.41, 5.74) is 3.91. The molecule has 0 bridgehead atoms. The molecular weight excluding hydrogens is 384 g/mol. The van der Waals surface area contributed by atoms with E-state index in [2.05, 4.69) is 6.92 Å². The third-order valence-electron chi connectivity index (χ3n) is 6.19. The lowest BCUT2D eigenvalue weighted by atomic mass is 9.94. The van der Waals surface area contributed by atoms with Crippen molar-refractivity contribution < 1.29 is 23.8 Å². The predicted octanol–water partition coefficient (Wildman–Crippen LogP) is 3.06. The highest BCUT2D eigenvalue weighted by Gasteiger charge is 2.39. The summed E-state index contributed by atoms with van der Waals surface area (Å²) in [5.74, 6) is 1.54. The van der Waals surface area contributed by atoms with Crippen LogP contribution in [0.3, 0.4) is 0 Å². The standard InChI is InChI=1S/C23H24N2O5/c1-14-5-7-19(28-2)22-17(14)4-3-9-24(22)23(27)15-10-21(26)25(12-15)16-6-8-18-20(11-16)30-13-29-18/h5-8,11,15H,3-4,9-10,12-13H2,1-2H3. The Hall–Kier alpha value is -3.22. The first-order valence-electron chi connectivity index (χ1n) is 10.2. The maximum absolute atomic E-state index is 13.5. The Morgan fingerprint density at radius 1 is 1.17 bits per heavy atom. The Morgan fingerprint density at radius 3 is 2.83 bits per heavy atom. The van der Waals surface area contributed by atoms with Gasteiger partial charge in [0.1, 0.15) is 5.75 Å². The number of anilines is 2. The second-order valence-corrected chi connectivity index (χ2v) is 7.95. The van der Waals surface area contributed by atoms with Crippen molar-refractivity contribution in [1.29, 1.82) is 0 Å². The maximum Gasteiger partial charge on any atom is 0.232 e. The van der Waals surface area contributed by atoms with Gasteiger partial charge in [-0.25, -0.2) is 0 Å².